The minimum absolute atomic E-state index is 0.577. The van der Waals surface area contributed by atoms with Gasteiger partial charge >= 0.3 is 0 Å². The quantitative estimate of drug-likeness (QED) is 0.620. The first kappa shape index (κ1) is 10.7. The highest BCUT2D eigenvalue weighted by atomic mass is 16.3. The van der Waals surface area contributed by atoms with Crippen LogP contribution in [0.5, 0.6) is 0 Å². The molecular weight excluding hydrogens is 136 g/mol. The van der Waals surface area contributed by atoms with Crippen LogP contribution in [0.25, 0.3) is 0 Å². The van der Waals surface area contributed by atoms with Gasteiger partial charge < -0.3 is 5.11 Å². The predicted octanol–water partition coefficient (Wildman–Crippen LogP) is 2.75. The molecule has 0 saturated carbocycles. The van der Waals surface area contributed by atoms with Gasteiger partial charge in [0.1, 0.15) is 0 Å². The Bertz CT molecular complexity index is 125. The molecule has 66 valence electrons. The lowest BCUT2D eigenvalue weighted by molar-refractivity contribution is 0.107. The Labute approximate surface area is 70.1 Å². The average molecular weight is 156 g/mol. The molecule has 2 unspecified atom stereocenters. The number of hydrogen-bond donors (Lipinski definition) is 1. The zero-order valence-electron chi connectivity index (χ0n) is 8.09. The summed E-state index contributed by atoms with van der Waals surface area (Å²) in [5.74, 6) is 0.577. The molecule has 0 radical (unpaired) electrons. The molecule has 0 rings (SSSR count). The van der Waals surface area contributed by atoms with Crippen molar-refractivity contribution in [3.05, 3.63) is 12.2 Å². The minimum atomic E-state index is -0.608. The Morgan fingerprint density at radius 3 is 2.36 bits per heavy atom. The van der Waals surface area contributed by atoms with E-state index in [9.17, 15) is 5.11 Å². The fourth-order valence-corrected chi connectivity index (χ4v) is 0.625. The standard InChI is InChI=1S/C10H20O/c1-5-9(3)7-8-10(4,11)6-2/h7-9,11H,5-6H2,1-4H3/b8-7+. The van der Waals surface area contributed by atoms with Crippen molar-refractivity contribution in [2.45, 2.75) is 46.1 Å². The third-order valence-electron chi connectivity index (χ3n) is 2.14. The molecule has 0 aromatic carbocycles. The Hall–Kier alpha value is -0.300. The van der Waals surface area contributed by atoms with Crippen LogP contribution in [-0.4, -0.2) is 10.7 Å². The van der Waals surface area contributed by atoms with E-state index in [0.29, 0.717) is 5.92 Å². The smallest absolute Gasteiger partial charge is 0.0797 e. The van der Waals surface area contributed by atoms with Crippen molar-refractivity contribution in [2.75, 3.05) is 0 Å². The molecule has 0 aliphatic rings. The van der Waals surface area contributed by atoms with Crippen LogP contribution in [0.3, 0.4) is 0 Å². The SMILES string of the molecule is CCC(C)/C=C/C(C)(O)CC. The van der Waals surface area contributed by atoms with Crippen molar-refractivity contribution in [3.8, 4) is 0 Å². The largest absolute Gasteiger partial charge is 0.386 e. The summed E-state index contributed by atoms with van der Waals surface area (Å²) in [5.41, 5.74) is -0.608. The van der Waals surface area contributed by atoms with Crippen molar-refractivity contribution in [1.29, 1.82) is 0 Å². The lowest BCUT2D eigenvalue weighted by Crippen LogP contribution is -2.18. The molecule has 1 N–H and O–H groups in total. The first-order valence-corrected chi connectivity index (χ1v) is 4.43. The van der Waals surface area contributed by atoms with E-state index in [0.717, 1.165) is 12.8 Å². The van der Waals surface area contributed by atoms with E-state index < -0.39 is 5.60 Å². The highest BCUT2D eigenvalue weighted by Crippen LogP contribution is 2.12. The normalized spacial score (nSPS) is 20.1. The summed E-state index contributed by atoms with van der Waals surface area (Å²) >= 11 is 0. The molecule has 11 heavy (non-hydrogen) atoms. The van der Waals surface area contributed by atoms with Crippen LogP contribution in [0.2, 0.25) is 0 Å². The fraction of sp³-hybridized carbons (Fsp3) is 0.800. The van der Waals surface area contributed by atoms with Crippen LogP contribution in [0.15, 0.2) is 12.2 Å². The summed E-state index contributed by atoms with van der Waals surface area (Å²) in [6, 6.07) is 0. The molecule has 0 saturated heterocycles. The van der Waals surface area contributed by atoms with Crippen LogP contribution < -0.4 is 0 Å². The van der Waals surface area contributed by atoms with E-state index in [-0.39, 0.29) is 0 Å². The highest BCUT2D eigenvalue weighted by Gasteiger charge is 2.11. The lowest BCUT2D eigenvalue weighted by Gasteiger charge is -2.16. The number of aliphatic hydroxyl groups is 1. The van der Waals surface area contributed by atoms with Gasteiger partial charge in [-0.2, -0.15) is 0 Å². The summed E-state index contributed by atoms with van der Waals surface area (Å²) in [4.78, 5) is 0. The maximum atomic E-state index is 9.58. The lowest BCUT2D eigenvalue weighted by atomic mass is 10.00. The first-order chi connectivity index (χ1) is 5.02. The molecule has 2 atom stereocenters. The fourth-order valence-electron chi connectivity index (χ4n) is 0.625. The van der Waals surface area contributed by atoms with E-state index in [1.165, 1.54) is 0 Å². The summed E-state index contributed by atoms with van der Waals surface area (Å²) < 4.78 is 0. The number of rotatable bonds is 4. The monoisotopic (exact) mass is 156 g/mol. The van der Waals surface area contributed by atoms with Crippen molar-refractivity contribution >= 4 is 0 Å². The summed E-state index contributed by atoms with van der Waals surface area (Å²) in [6.45, 7) is 8.13. The van der Waals surface area contributed by atoms with Crippen molar-refractivity contribution in [2.24, 2.45) is 5.92 Å². The molecule has 0 bridgehead atoms. The maximum absolute atomic E-state index is 9.58. The molecule has 0 aromatic heterocycles. The maximum Gasteiger partial charge on any atom is 0.0797 e. The van der Waals surface area contributed by atoms with Crippen molar-refractivity contribution in [3.63, 3.8) is 0 Å². The Kier molecular flexibility index (Phi) is 4.43. The second-order valence-corrected chi connectivity index (χ2v) is 3.46. The van der Waals surface area contributed by atoms with Crippen LogP contribution in [0.1, 0.15) is 40.5 Å². The molecule has 0 aliphatic heterocycles. The van der Waals surface area contributed by atoms with Gasteiger partial charge in [0.05, 0.1) is 5.60 Å². The van der Waals surface area contributed by atoms with Crippen LogP contribution >= 0.6 is 0 Å². The molecule has 1 heteroatoms. The molecule has 0 heterocycles. The molecule has 1 nitrogen and oxygen atoms in total. The minimum Gasteiger partial charge on any atom is -0.386 e. The Morgan fingerprint density at radius 1 is 1.45 bits per heavy atom. The molecule has 0 aliphatic carbocycles. The van der Waals surface area contributed by atoms with Gasteiger partial charge in [-0.25, -0.2) is 0 Å². The number of hydrogen-bond acceptors (Lipinski definition) is 1. The molecule has 0 amide bonds. The first-order valence-electron chi connectivity index (χ1n) is 4.43. The van der Waals surface area contributed by atoms with Crippen molar-refractivity contribution in [1.82, 2.24) is 0 Å². The Balaban J connectivity index is 3.90. The van der Waals surface area contributed by atoms with Gasteiger partial charge in [-0.15, -0.1) is 0 Å². The van der Waals surface area contributed by atoms with Gasteiger partial charge in [-0.05, 0) is 19.3 Å². The average Bonchev–Trinajstić information content (AvgIpc) is 2.00. The topological polar surface area (TPSA) is 20.2 Å². The molecular formula is C10H20O. The third kappa shape index (κ3) is 5.02. The zero-order chi connectivity index (χ0) is 8.91. The molecule has 0 spiro atoms. The van der Waals surface area contributed by atoms with Gasteiger partial charge in [0, 0.05) is 0 Å². The summed E-state index contributed by atoms with van der Waals surface area (Å²) in [6.07, 6.45) is 5.90. The molecule has 0 aromatic rings. The van der Waals surface area contributed by atoms with E-state index in [2.05, 4.69) is 19.9 Å². The van der Waals surface area contributed by atoms with Gasteiger partial charge in [0.25, 0.3) is 0 Å². The van der Waals surface area contributed by atoms with Gasteiger partial charge in [0.15, 0.2) is 0 Å². The zero-order valence-corrected chi connectivity index (χ0v) is 8.09. The van der Waals surface area contributed by atoms with Gasteiger partial charge in [0.2, 0.25) is 0 Å². The van der Waals surface area contributed by atoms with Crippen molar-refractivity contribution < 1.29 is 5.11 Å². The second-order valence-electron chi connectivity index (χ2n) is 3.46. The van der Waals surface area contributed by atoms with Crippen LogP contribution in [0.4, 0.5) is 0 Å². The number of allylic oxidation sites excluding steroid dienone is 1. The van der Waals surface area contributed by atoms with Gasteiger partial charge in [-0.3, -0.25) is 0 Å². The highest BCUT2D eigenvalue weighted by molar-refractivity contribution is 4.99. The van der Waals surface area contributed by atoms with E-state index >= 15 is 0 Å². The van der Waals surface area contributed by atoms with E-state index in [1.54, 1.807) is 0 Å². The second kappa shape index (κ2) is 4.55. The van der Waals surface area contributed by atoms with E-state index in [4.69, 9.17) is 0 Å². The van der Waals surface area contributed by atoms with Crippen LogP contribution in [0, 0.1) is 5.92 Å². The van der Waals surface area contributed by atoms with Crippen LogP contribution in [-0.2, 0) is 0 Å². The van der Waals surface area contributed by atoms with Gasteiger partial charge in [-0.1, -0.05) is 39.3 Å². The third-order valence-corrected chi connectivity index (χ3v) is 2.14. The predicted molar refractivity (Wildman–Crippen MR) is 49.5 cm³/mol. The summed E-state index contributed by atoms with van der Waals surface area (Å²) in [5, 5.41) is 9.58. The molecule has 0 fully saturated rings. The van der Waals surface area contributed by atoms with E-state index in [1.807, 2.05) is 19.9 Å². The summed E-state index contributed by atoms with van der Waals surface area (Å²) in [7, 11) is 0. The Morgan fingerprint density at radius 2 is 2.00 bits per heavy atom.